The number of fused-ring (bicyclic) bond motifs is 1. The normalized spacial score (nSPS) is 10.9. The first-order chi connectivity index (χ1) is 8.25. The second kappa shape index (κ2) is 4.09. The van der Waals surface area contributed by atoms with Gasteiger partial charge in [0.25, 0.3) is 0 Å². The van der Waals surface area contributed by atoms with E-state index in [0.717, 1.165) is 21.3 Å². The second-order valence-corrected chi connectivity index (χ2v) is 5.12. The summed E-state index contributed by atoms with van der Waals surface area (Å²) in [5.74, 6) is 0. The molecule has 3 rings (SSSR count). The second-order valence-electron chi connectivity index (χ2n) is 3.82. The van der Waals surface area contributed by atoms with E-state index in [2.05, 4.69) is 22.3 Å². The summed E-state index contributed by atoms with van der Waals surface area (Å²) in [5.41, 5.74) is 4.42. The summed E-state index contributed by atoms with van der Waals surface area (Å²) in [6.07, 6.45) is 3.67. The molecule has 17 heavy (non-hydrogen) atoms. The van der Waals surface area contributed by atoms with Crippen LogP contribution in [0.5, 0.6) is 0 Å². The van der Waals surface area contributed by atoms with Gasteiger partial charge in [0.2, 0.25) is 0 Å². The van der Waals surface area contributed by atoms with Crippen LogP contribution in [0.15, 0.2) is 36.0 Å². The molecule has 4 heteroatoms. The van der Waals surface area contributed by atoms with Crippen LogP contribution >= 0.6 is 22.9 Å². The Hall–Kier alpha value is -1.45. The van der Waals surface area contributed by atoms with Gasteiger partial charge in [0.15, 0.2) is 0 Å². The third-order valence-corrected chi connectivity index (χ3v) is 3.84. The van der Waals surface area contributed by atoms with Gasteiger partial charge < -0.3 is 0 Å². The highest BCUT2D eigenvalue weighted by Gasteiger charge is 2.10. The molecule has 0 aliphatic rings. The molecule has 0 atom stereocenters. The number of rotatable bonds is 1. The standard InChI is InChI=1S/C13H9ClN2S/c1-8-6-15-5-4-9(8)10-7-17-11-2-3-12(14)16-13(10)11/h2-7H,1H3. The third kappa shape index (κ3) is 1.81. The average Bonchev–Trinajstić information content (AvgIpc) is 2.72. The number of hydrogen-bond acceptors (Lipinski definition) is 3. The Labute approximate surface area is 108 Å². The van der Waals surface area contributed by atoms with Crippen molar-refractivity contribution in [3.63, 3.8) is 0 Å². The summed E-state index contributed by atoms with van der Waals surface area (Å²) in [7, 11) is 0. The van der Waals surface area contributed by atoms with Gasteiger partial charge in [-0.15, -0.1) is 11.3 Å². The lowest BCUT2D eigenvalue weighted by atomic mass is 10.0. The van der Waals surface area contributed by atoms with Gasteiger partial charge in [-0.2, -0.15) is 0 Å². The van der Waals surface area contributed by atoms with Crippen molar-refractivity contribution in [2.45, 2.75) is 6.92 Å². The summed E-state index contributed by atoms with van der Waals surface area (Å²) in [6.45, 7) is 2.05. The monoisotopic (exact) mass is 260 g/mol. The third-order valence-electron chi connectivity index (χ3n) is 2.69. The fourth-order valence-electron chi connectivity index (χ4n) is 1.86. The molecule has 0 radical (unpaired) electrons. The van der Waals surface area contributed by atoms with Crippen molar-refractivity contribution in [3.05, 3.63) is 46.7 Å². The predicted molar refractivity (Wildman–Crippen MR) is 72.6 cm³/mol. The molecular formula is C13H9ClN2S. The van der Waals surface area contributed by atoms with Crippen molar-refractivity contribution in [2.24, 2.45) is 0 Å². The van der Waals surface area contributed by atoms with Crippen LogP contribution in [0.4, 0.5) is 0 Å². The minimum Gasteiger partial charge on any atom is -0.264 e. The van der Waals surface area contributed by atoms with Crippen LogP contribution < -0.4 is 0 Å². The summed E-state index contributed by atoms with van der Waals surface area (Å²) in [4.78, 5) is 8.52. The Morgan fingerprint density at radius 3 is 2.88 bits per heavy atom. The molecule has 0 fully saturated rings. The number of aromatic nitrogens is 2. The first-order valence-electron chi connectivity index (χ1n) is 5.20. The molecule has 3 aromatic rings. The Morgan fingerprint density at radius 2 is 2.06 bits per heavy atom. The molecule has 0 aliphatic heterocycles. The average molecular weight is 261 g/mol. The summed E-state index contributed by atoms with van der Waals surface area (Å²) in [6, 6.07) is 5.85. The SMILES string of the molecule is Cc1cnccc1-c1csc2ccc(Cl)nc12. The lowest BCUT2D eigenvalue weighted by molar-refractivity contribution is 1.27. The number of halogens is 1. The van der Waals surface area contributed by atoms with Crippen molar-refractivity contribution in [1.82, 2.24) is 9.97 Å². The van der Waals surface area contributed by atoms with Gasteiger partial charge in [0.1, 0.15) is 5.15 Å². The van der Waals surface area contributed by atoms with Crippen molar-refractivity contribution in [3.8, 4) is 11.1 Å². The van der Waals surface area contributed by atoms with E-state index in [0.29, 0.717) is 5.15 Å². The molecule has 0 saturated heterocycles. The molecule has 0 unspecified atom stereocenters. The molecule has 3 aromatic heterocycles. The predicted octanol–water partition coefficient (Wildman–Crippen LogP) is 4.32. The zero-order chi connectivity index (χ0) is 11.8. The Kier molecular flexibility index (Phi) is 2.57. The van der Waals surface area contributed by atoms with E-state index in [1.165, 1.54) is 5.56 Å². The molecule has 0 amide bonds. The largest absolute Gasteiger partial charge is 0.264 e. The number of pyridine rings is 2. The zero-order valence-electron chi connectivity index (χ0n) is 9.14. The maximum atomic E-state index is 5.96. The first kappa shape index (κ1) is 10.7. The molecule has 3 heterocycles. The molecule has 0 bridgehead atoms. The summed E-state index contributed by atoms with van der Waals surface area (Å²) >= 11 is 7.64. The van der Waals surface area contributed by atoms with Crippen LogP contribution in [-0.4, -0.2) is 9.97 Å². The minimum atomic E-state index is 0.531. The van der Waals surface area contributed by atoms with Crippen molar-refractivity contribution >= 4 is 33.2 Å². The van der Waals surface area contributed by atoms with Gasteiger partial charge in [0.05, 0.1) is 10.2 Å². The fourth-order valence-corrected chi connectivity index (χ4v) is 2.90. The van der Waals surface area contributed by atoms with Crippen molar-refractivity contribution in [1.29, 1.82) is 0 Å². The maximum Gasteiger partial charge on any atom is 0.129 e. The molecule has 84 valence electrons. The summed E-state index contributed by atoms with van der Waals surface area (Å²) < 4.78 is 1.15. The molecule has 0 aliphatic carbocycles. The topological polar surface area (TPSA) is 25.8 Å². The van der Waals surface area contributed by atoms with Crippen LogP contribution in [0.2, 0.25) is 5.15 Å². The lowest BCUT2D eigenvalue weighted by Gasteiger charge is -2.03. The van der Waals surface area contributed by atoms with Crippen molar-refractivity contribution in [2.75, 3.05) is 0 Å². The van der Waals surface area contributed by atoms with E-state index in [4.69, 9.17) is 11.6 Å². The lowest BCUT2D eigenvalue weighted by Crippen LogP contribution is -1.84. The van der Waals surface area contributed by atoms with E-state index in [9.17, 15) is 0 Å². The zero-order valence-corrected chi connectivity index (χ0v) is 10.7. The van der Waals surface area contributed by atoms with E-state index >= 15 is 0 Å². The molecule has 2 nitrogen and oxygen atoms in total. The molecule has 0 aromatic carbocycles. The van der Waals surface area contributed by atoms with E-state index in [-0.39, 0.29) is 0 Å². The molecule has 0 spiro atoms. The fraction of sp³-hybridized carbons (Fsp3) is 0.0769. The van der Waals surface area contributed by atoms with Gasteiger partial charge in [-0.25, -0.2) is 4.98 Å². The van der Waals surface area contributed by atoms with E-state index in [1.54, 1.807) is 17.5 Å². The van der Waals surface area contributed by atoms with Gasteiger partial charge in [0, 0.05) is 23.3 Å². The number of nitrogens with zero attached hydrogens (tertiary/aromatic N) is 2. The highest BCUT2D eigenvalue weighted by atomic mass is 35.5. The molecular weight excluding hydrogens is 252 g/mol. The van der Waals surface area contributed by atoms with Crippen LogP contribution in [0, 0.1) is 6.92 Å². The van der Waals surface area contributed by atoms with Crippen LogP contribution in [0.25, 0.3) is 21.3 Å². The first-order valence-corrected chi connectivity index (χ1v) is 6.46. The minimum absolute atomic E-state index is 0.531. The van der Waals surface area contributed by atoms with Gasteiger partial charge in [-0.05, 0) is 36.2 Å². The number of thiophene rings is 1. The number of hydrogen-bond donors (Lipinski definition) is 0. The molecule has 0 N–H and O–H groups in total. The Balaban J connectivity index is 2.31. The number of aryl methyl sites for hydroxylation is 1. The molecule has 0 saturated carbocycles. The van der Waals surface area contributed by atoms with Crippen molar-refractivity contribution < 1.29 is 0 Å². The van der Waals surface area contributed by atoms with Crippen LogP contribution in [0.1, 0.15) is 5.56 Å². The smallest absolute Gasteiger partial charge is 0.129 e. The quantitative estimate of drug-likeness (QED) is 0.609. The van der Waals surface area contributed by atoms with Gasteiger partial charge >= 0.3 is 0 Å². The van der Waals surface area contributed by atoms with Gasteiger partial charge in [-0.1, -0.05) is 11.6 Å². The highest BCUT2D eigenvalue weighted by molar-refractivity contribution is 7.17. The van der Waals surface area contributed by atoms with E-state index < -0.39 is 0 Å². The Morgan fingerprint density at radius 1 is 1.18 bits per heavy atom. The maximum absolute atomic E-state index is 5.96. The Bertz CT molecular complexity index is 691. The summed E-state index contributed by atoms with van der Waals surface area (Å²) in [5, 5.41) is 2.65. The van der Waals surface area contributed by atoms with Gasteiger partial charge in [-0.3, -0.25) is 4.98 Å². The highest BCUT2D eigenvalue weighted by Crippen LogP contribution is 2.34. The van der Waals surface area contributed by atoms with Crippen LogP contribution in [0.3, 0.4) is 0 Å². The van der Waals surface area contributed by atoms with Crippen LogP contribution in [-0.2, 0) is 0 Å². The van der Waals surface area contributed by atoms with E-state index in [1.807, 2.05) is 24.4 Å².